The number of amides is 1. The Labute approximate surface area is 116 Å². The second kappa shape index (κ2) is 3.97. The average molecular weight is 274 g/mol. The highest BCUT2D eigenvalue weighted by molar-refractivity contribution is 7.21. The molecule has 1 saturated carbocycles. The predicted molar refractivity (Wildman–Crippen MR) is 80.6 cm³/mol. The first kappa shape index (κ1) is 12.5. The van der Waals surface area contributed by atoms with Gasteiger partial charge in [-0.2, -0.15) is 0 Å². The highest BCUT2D eigenvalue weighted by Crippen LogP contribution is 2.45. The number of carbonyl (C=O) groups excluding carboxylic acids is 1. The Morgan fingerprint density at radius 3 is 2.79 bits per heavy atom. The van der Waals surface area contributed by atoms with Crippen LogP contribution in [-0.2, 0) is 0 Å². The molecule has 1 fully saturated rings. The van der Waals surface area contributed by atoms with Gasteiger partial charge in [-0.15, -0.1) is 11.3 Å². The molecule has 1 aliphatic carbocycles. The zero-order chi connectivity index (χ0) is 13.8. The first-order valence-corrected chi connectivity index (χ1v) is 7.29. The lowest BCUT2D eigenvalue weighted by atomic mass is 10.1. The van der Waals surface area contributed by atoms with Crippen LogP contribution >= 0.6 is 11.3 Å². The summed E-state index contributed by atoms with van der Waals surface area (Å²) in [5.74, 6) is -0.0353. The Morgan fingerprint density at radius 1 is 1.47 bits per heavy atom. The maximum atomic E-state index is 12.3. The molecule has 1 unspecified atom stereocenters. The topological polar surface area (TPSA) is 55.1 Å². The van der Waals surface area contributed by atoms with Crippen LogP contribution in [0.25, 0.3) is 10.1 Å². The fourth-order valence-electron chi connectivity index (χ4n) is 2.33. The van der Waals surface area contributed by atoms with E-state index in [4.69, 9.17) is 5.73 Å². The summed E-state index contributed by atoms with van der Waals surface area (Å²) in [6.45, 7) is 6.37. The summed E-state index contributed by atoms with van der Waals surface area (Å²) >= 11 is 1.48. The van der Waals surface area contributed by atoms with Crippen molar-refractivity contribution >= 4 is 33.0 Å². The molecule has 4 heteroatoms. The Morgan fingerprint density at radius 2 is 2.16 bits per heavy atom. The van der Waals surface area contributed by atoms with Crippen LogP contribution < -0.4 is 11.1 Å². The van der Waals surface area contributed by atoms with E-state index in [0.29, 0.717) is 10.6 Å². The number of fused-ring (bicyclic) bond motifs is 1. The maximum absolute atomic E-state index is 12.3. The molecule has 100 valence electrons. The number of nitrogens with one attached hydrogen (secondary N) is 1. The molecule has 0 saturated heterocycles. The molecule has 0 bridgehead atoms. The molecule has 1 amide bonds. The number of nitrogens with two attached hydrogens (primary N) is 1. The van der Waals surface area contributed by atoms with E-state index >= 15 is 0 Å². The van der Waals surface area contributed by atoms with E-state index in [9.17, 15) is 4.79 Å². The third-order valence-corrected chi connectivity index (χ3v) is 5.08. The molecule has 19 heavy (non-hydrogen) atoms. The molecule has 3 N–H and O–H groups in total. The van der Waals surface area contributed by atoms with Crippen molar-refractivity contribution in [3.8, 4) is 0 Å². The summed E-state index contributed by atoms with van der Waals surface area (Å²) in [5.41, 5.74) is 8.13. The van der Waals surface area contributed by atoms with Gasteiger partial charge in [0, 0.05) is 16.1 Å². The summed E-state index contributed by atoms with van der Waals surface area (Å²) in [4.78, 5) is 12.9. The molecule has 0 spiro atoms. The van der Waals surface area contributed by atoms with E-state index in [1.165, 1.54) is 16.9 Å². The average Bonchev–Trinajstić information content (AvgIpc) is 2.78. The quantitative estimate of drug-likeness (QED) is 0.882. The van der Waals surface area contributed by atoms with Gasteiger partial charge in [-0.25, -0.2) is 0 Å². The number of thiophene rings is 1. The molecule has 2 aromatic rings. The van der Waals surface area contributed by atoms with E-state index in [2.05, 4.69) is 25.2 Å². The highest BCUT2D eigenvalue weighted by Gasteiger charge is 2.46. The SMILES string of the molecule is Cc1ccc2c(N)c(C(=O)NC3CC3(C)C)sc2c1. The molecule has 3 rings (SSSR count). The van der Waals surface area contributed by atoms with Gasteiger partial charge in [-0.3, -0.25) is 4.79 Å². The minimum absolute atomic E-state index is 0.0353. The summed E-state index contributed by atoms with van der Waals surface area (Å²) in [5, 5.41) is 4.05. The molecule has 1 atom stereocenters. The summed E-state index contributed by atoms with van der Waals surface area (Å²) in [7, 11) is 0. The maximum Gasteiger partial charge on any atom is 0.263 e. The van der Waals surface area contributed by atoms with Gasteiger partial charge in [0.25, 0.3) is 5.91 Å². The monoisotopic (exact) mass is 274 g/mol. The Kier molecular flexibility index (Phi) is 2.61. The van der Waals surface area contributed by atoms with Crippen molar-refractivity contribution in [1.29, 1.82) is 0 Å². The van der Waals surface area contributed by atoms with Crippen LogP contribution in [-0.4, -0.2) is 11.9 Å². The van der Waals surface area contributed by atoms with Gasteiger partial charge in [0.05, 0.1) is 5.69 Å². The molecular formula is C15H18N2OS. The van der Waals surface area contributed by atoms with Crippen LogP contribution in [0.2, 0.25) is 0 Å². The normalized spacial score (nSPS) is 20.5. The minimum Gasteiger partial charge on any atom is -0.397 e. The van der Waals surface area contributed by atoms with Gasteiger partial charge in [0.2, 0.25) is 0 Å². The molecule has 0 aliphatic heterocycles. The number of benzene rings is 1. The van der Waals surface area contributed by atoms with Gasteiger partial charge >= 0.3 is 0 Å². The molecule has 0 radical (unpaired) electrons. The lowest BCUT2D eigenvalue weighted by molar-refractivity contribution is 0.0951. The highest BCUT2D eigenvalue weighted by atomic mass is 32.1. The third-order valence-electron chi connectivity index (χ3n) is 3.91. The Bertz CT molecular complexity index is 672. The fourth-order valence-corrected chi connectivity index (χ4v) is 3.45. The van der Waals surface area contributed by atoms with Crippen LogP contribution in [0.3, 0.4) is 0 Å². The van der Waals surface area contributed by atoms with Gasteiger partial charge in [0.1, 0.15) is 4.88 Å². The van der Waals surface area contributed by atoms with E-state index in [1.54, 1.807) is 0 Å². The number of carbonyl (C=O) groups is 1. The lowest BCUT2D eigenvalue weighted by Gasteiger charge is -2.05. The van der Waals surface area contributed by atoms with Gasteiger partial charge < -0.3 is 11.1 Å². The third kappa shape index (κ3) is 2.10. The van der Waals surface area contributed by atoms with E-state index in [1.807, 2.05) is 19.1 Å². The summed E-state index contributed by atoms with van der Waals surface area (Å²) < 4.78 is 1.08. The molecule has 1 aromatic heterocycles. The van der Waals surface area contributed by atoms with Crippen molar-refractivity contribution in [3.63, 3.8) is 0 Å². The van der Waals surface area contributed by atoms with Crippen molar-refractivity contribution in [2.75, 3.05) is 5.73 Å². The second-order valence-corrected chi connectivity index (χ2v) is 7.12. The van der Waals surface area contributed by atoms with Crippen molar-refractivity contribution in [1.82, 2.24) is 5.32 Å². The molecule has 1 aromatic carbocycles. The number of anilines is 1. The Hall–Kier alpha value is -1.55. The molecule has 1 aliphatic rings. The van der Waals surface area contributed by atoms with Crippen LogP contribution in [0.15, 0.2) is 18.2 Å². The number of nitrogen functional groups attached to an aromatic ring is 1. The van der Waals surface area contributed by atoms with Gasteiger partial charge in [0.15, 0.2) is 0 Å². The van der Waals surface area contributed by atoms with Gasteiger partial charge in [-0.05, 0) is 30.4 Å². The van der Waals surface area contributed by atoms with E-state index in [0.717, 1.165) is 16.5 Å². The summed E-state index contributed by atoms with van der Waals surface area (Å²) in [6.07, 6.45) is 1.04. The molecule has 3 nitrogen and oxygen atoms in total. The van der Waals surface area contributed by atoms with E-state index in [-0.39, 0.29) is 17.4 Å². The minimum atomic E-state index is -0.0353. The number of hydrogen-bond acceptors (Lipinski definition) is 3. The zero-order valence-electron chi connectivity index (χ0n) is 11.4. The van der Waals surface area contributed by atoms with Crippen molar-refractivity contribution in [2.24, 2.45) is 5.41 Å². The smallest absolute Gasteiger partial charge is 0.263 e. The number of aryl methyl sites for hydroxylation is 1. The molecule has 1 heterocycles. The van der Waals surface area contributed by atoms with E-state index < -0.39 is 0 Å². The van der Waals surface area contributed by atoms with Crippen molar-refractivity contribution in [2.45, 2.75) is 33.2 Å². The van der Waals surface area contributed by atoms with Crippen LogP contribution in [0.5, 0.6) is 0 Å². The first-order valence-electron chi connectivity index (χ1n) is 6.48. The number of hydrogen-bond donors (Lipinski definition) is 2. The first-order chi connectivity index (χ1) is 8.88. The van der Waals surface area contributed by atoms with Crippen LogP contribution in [0.4, 0.5) is 5.69 Å². The summed E-state index contributed by atoms with van der Waals surface area (Å²) in [6, 6.07) is 6.38. The largest absolute Gasteiger partial charge is 0.397 e. The van der Waals surface area contributed by atoms with Crippen molar-refractivity contribution < 1.29 is 4.79 Å². The second-order valence-electron chi connectivity index (χ2n) is 6.06. The standard InChI is InChI=1S/C15H18N2OS/c1-8-4-5-9-10(6-8)19-13(12(9)16)14(18)17-11-7-15(11,2)3/h4-6,11H,7,16H2,1-3H3,(H,17,18). The van der Waals surface area contributed by atoms with Crippen LogP contribution in [0, 0.1) is 12.3 Å². The zero-order valence-corrected chi connectivity index (χ0v) is 12.2. The molecular weight excluding hydrogens is 256 g/mol. The Balaban J connectivity index is 1.92. The fraction of sp³-hybridized carbons (Fsp3) is 0.400. The number of rotatable bonds is 2. The van der Waals surface area contributed by atoms with Crippen molar-refractivity contribution in [3.05, 3.63) is 28.6 Å². The lowest BCUT2D eigenvalue weighted by Crippen LogP contribution is -2.28. The van der Waals surface area contributed by atoms with Crippen LogP contribution in [0.1, 0.15) is 35.5 Å². The predicted octanol–water partition coefficient (Wildman–Crippen LogP) is 3.32. The van der Waals surface area contributed by atoms with Gasteiger partial charge in [-0.1, -0.05) is 26.0 Å².